The van der Waals surface area contributed by atoms with E-state index >= 15 is 0 Å². The molecule has 0 bridgehead atoms. The summed E-state index contributed by atoms with van der Waals surface area (Å²) in [6.07, 6.45) is 2.41. The maximum absolute atomic E-state index is 12.6. The van der Waals surface area contributed by atoms with Gasteiger partial charge in [-0.15, -0.1) is 5.10 Å². The topological polar surface area (TPSA) is 84.3 Å². The molecule has 0 spiro atoms. The molecular formula is C15H20N6O2S. The zero-order valence-electron chi connectivity index (χ0n) is 13.8. The smallest absolute Gasteiger partial charge is 0.267 e. The lowest BCUT2D eigenvalue weighted by Crippen LogP contribution is -2.49. The van der Waals surface area contributed by atoms with Gasteiger partial charge in [0, 0.05) is 38.4 Å². The molecule has 24 heavy (non-hydrogen) atoms. The molecule has 0 aliphatic carbocycles. The van der Waals surface area contributed by atoms with E-state index < -0.39 is 0 Å². The van der Waals surface area contributed by atoms with Crippen molar-refractivity contribution in [3.05, 3.63) is 22.8 Å². The van der Waals surface area contributed by atoms with Gasteiger partial charge in [-0.2, -0.15) is 4.98 Å². The summed E-state index contributed by atoms with van der Waals surface area (Å²) in [6.45, 7) is 7.11. The van der Waals surface area contributed by atoms with Crippen LogP contribution in [-0.2, 0) is 6.42 Å². The Hall–Kier alpha value is -2.29. The first-order valence-corrected chi connectivity index (χ1v) is 8.81. The number of amides is 1. The minimum Gasteiger partial charge on any atom is -0.478 e. The Balaban J connectivity index is 1.63. The molecule has 0 saturated carbocycles. The van der Waals surface area contributed by atoms with Gasteiger partial charge >= 0.3 is 0 Å². The van der Waals surface area contributed by atoms with E-state index in [0.717, 1.165) is 12.1 Å². The summed E-state index contributed by atoms with van der Waals surface area (Å²) in [5, 5.41) is 4.02. The number of carbonyl (C=O) groups excluding carboxylic acids is 1. The number of carbonyl (C=O) groups is 1. The summed E-state index contributed by atoms with van der Waals surface area (Å²) in [5.41, 5.74) is 0.778. The lowest BCUT2D eigenvalue weighted by Gasteiger charge is -2.34. The Bertz CT molecular complexity index is 699. The summed E-state index contributed by atoms with van der Waals surface area (Å²) in [7, 11) is 0. The Morgan fingerprint density at radius 3 is 2.79 bits per heavy atom. The molecule has 3 rings (SSSR count). The van der Waals surface area contributed by atoms with E-state index in [0.29, 0.717) is 49.5 Å². The summed E-state index contributed by atoms with van der Waals surface area (Å²) in [5.74, 6) is 1.23. The Morgan fingerprint density at radius 1 is 1.29 bits per heavy atom. The van der Waals surface area contributed by atoms with Crippen LogP contribution < -0.4 is 9.64 Å². The van der Waals surface area contributed by atoms with Gasteiger partial charge in [-0.3, -0.25) is 4.79 Å². The van der Waals surface area contributed by atoms with Gasteiger partial charge in [0.2, 0.25) is 11.8 Å². The maximum atomic E-state index is 12.6. The van der Waals surface area contributed by atoms with Gasteiger partial charge in [0.15, 0.2) is 0 Å². The van der Waals surface area contributed by atoms with Crippen molar-refractivity contribution >= 4 is 23.4 Å². The van der Waals surface area contributed by atoms with E-state index in [9.17, 15) is 4.79 Å². The number of aryl methyl sites for hydroxylation is 1. The van der Waals surface area contributed by atoms with E-state index in [2.05, 4.69) is 24.5 Å². The molecule has 0 aromatic carbocycles. The molecular weight excluding hydrogens is 328 g/mol. The molecule has 1 saturated heterocycles. The standard InChI is InChI=1S/C15H20N6O2S/c1-3-11-13(24-19-18-11)14(22)20-7-9-21(10-8-20)15-16-6-5-12(17-15)23-4-2/h5-6H,3-4,7-10H2,1-2H3. The third-order valence-electron chi connectivity index (χ3n) is 3.84. The van der Waals surface area contributed by atoms with Crippen LogP contribution in [0.4, 0.5) is 5.95 Å². The van der Waals surface area contributed by atoms with Crippen LogP contribution in [0.25, 0.3) is 0 Å². The van der Waals surface area contributed by atoms with Crippen molar-refractivity contribution < 1.29 is 9.53 Å². The average Bonchev–Trinajstić information content (AvgIpc) is 3.10. The molecule has 0 radical (unpaired) electrons. The second-order valence-electron chi connectivity index (χ2n) is 5.31. The fourth-order valence-corrected chi connectivity index (χ4v) is 3.29. The molecule has 1 aliphatic heterocycles. The van der Waals surface area contributed by atoms with Crippen molar-refractivity contribution in [1.82, 2.24) is 24.5 Å². The number of piperazine rings is 1. The average molecular weight is 348 g/mol. The van der Waals surface area contributed by atoms with Crippen molar-refractivity contribution in [1.29, 1.82) is 0 Å². The van der Waals surface area contributed by atoms with Crippen molar-refractivity contribution in [2.45, 2.75) is 20.3 Å². The molecule has 3 heterocycles. The van der Waals surface area contributed by atoms with Gasteiger partial charge in [-0.25, -0.2) is 4.98 Å². The van der Waals surface area contributed by atoms with Crippen LogP contribution in [0.5, 0.6) is 5.88 Å². The molecule has 0 atom stereocenters. The largest absolute Gasteiger partial charge is 0.478 e. The fourth-order valence-electron chi connectivity index (χ4n) is 2.57. The number of anilines is 1. The highest BCUT2D eigenvalue weighted by atomic mass is 32.1. The highest BCUT2D eigenvalue weighted by Gasteiger charge is 2.26. The lowest BCUT2D eigenvalue weighted by molar-refractivity contribution is 0.0749. The molecule has 8 nitrogen and oxygen atoms in total. The fraction of sp³-hybridized carbons (Fsp3) is 0.533. The first-order valence-electron chi connectivity index (χ1n) is 8.04. The van der Waals surface area contributed by atoms with Gasteiger partial charge < -0.3 is 14.5 Å². The number of aromatic nitrogens is 4. The Labute approximate surface area is 144 Å². The van der Waals surface area contributed by atoms with Crippen LogP contribution in [0.3, 0.4) is 0 Å². The Kier molecular flexibility index (Phi) is 5.19. The van der Waals surface area contributed by atoms with Gasteiger partial charge in [0.1, 0.15) is 4.88 Å². The highest BCUT2D eigenvalue weighted by Crippen LogP contribution is 2.18. The molecule has 2 aromatic heterocycles. The molecule has 0 N–H and O–H groups in total. The van der Waals surface area contributed by atoms with Crippen molar-refractivity contribution in [2.75, 3.05) is 37.7 Å². The monoisotopic (exact) mass is 348 g/mol. The number of hydrogen-bond donors (Lipinski definition) is 0. The molecule has 0 unspecified atom stereocenters. The zero-order chi connectivity index (χ0) is 16.9. The van der Waals surface area contributed by atoms with Crippen LogP contribution in [0.15, 0.2) is 12.3 Å². The van der Waals surface area contributed by atoms with Crippen molar-refractivity contribution in [2.24, 2.45) is 0 Å². The van der Waals surface area contributed by atoms with E-state index in [1.165, 1.54) is 11.5 Å². The summed E-state index contributed by atoms with van der Waals surface area (Å²) in [6, 6.07) is 1.75. The minimum absolute atomic E-state index is 0.0190. The second-order valence-corrected chi connectivity index (χ2v) is 6.06. The highest BCUT2D eigenvalue weighted by molar-refractivity contribution is 7.08. The maximum Gasteiger partial charge on any atom is 0.267 e. The van der Waals surface area contributed by atoms with E-state index in [-0.39, 0.29) is 5.91 Å². The minimum atomic E-state index is 0.0190. The van der Waals surface area contributed by atoms with Crippen molar-refractivity contribution in [3.63, 3.8) is 0 Å². The van der Waals surface area contributed by atoms with Crippen molar-refractivity contribution in [3.8, 4) is 5.88 Å². The van der Waals surface area contributed by atoms with Gasteiger partial charge in [-0.1, -0.05) is 11.4 Å². The first kappa shape index (κ1) is 16.6. The number of ether oxygens (including phenoxy) is 1. The third kappa shape index (κ3) is 3.45. The van der Waals surface area contributed by atoms with Crippen LogP contribution in [0, 0.1) is 0 Å². The summed E-state index contributed by atoms with van der Waals surface area (Å²) >= 11 is 1.17. The third-order valence-corrected chi connectivity index (χ3v) is 4.60. The molecule has 9 heteroatoms. The second kappa shape index (κ2) is 7.52. The van der Waals surface area contributed by atoms with E-state index in [1.54, 1.807) is 12.3 Å². The van der Waals surface area contributed by atoms with Gasteiger partial charge in [-0.05, 0) is 24.9 Å². The van der Waals surface area contributed by atoms with Crippen LogP contribution in [-0.4, -0.2) is 63.1 Å². The van der Waals surface area contributed by atoms with Crippen LogP contribution >= 0.6 is 11.5 Å². The molecule has 1 fully saturated rings. The summed E-state index contributed by atoms with van der Waals surface area (Å²) in [4.78, 5) is 25.9. The molecule has 128 valence electrons. The van der Waals surface area contributed by atoms with Gasteiger partial charge in [0.25, 0.3) is 5.91 Å². The molecule has 2 aromatic rings. The van der Waals surface area contributed by atoms with Crippen LogP contribution in [0.2, 0.25) is 0 Å². The first-order chi connectivity index (χ1) is 11.7. The number of nitrogens with zero attached hydrogens (tertiary/aromatic N) is 6. The predicted octanol–water partition coefficient (Wildman–Crippen LogP) is 1.25. The van der Waals surface area contributed by atoms with Crippen LogP contribution in [0.1, 0.15) is 29.2 Å². The van der Waals surface area contributed by atoms with Gasteiger partial charge in [0.05, 0.1) is 12.3 Å². The quantitative estimate of drug-likeness (QED) is 0.804. The molecule has 1 amide bonds. The SMILES string of the molecule is CCOc1ccnc(N2CCN(C(=O)c3snnc3CC)CC2)n1. The summed E-state index contributed by atoms with van der Waals surface area (Å²) < 4.78 is 9.31. The Morgan fingerprint density at radius 2 is 2.08 bits per heavy atom. The zero-order valence-corrected chi connectivity index (χ0v) is 14.6. The number of rotatable bonds is 5. The lowest BCUT2D eigenvalue weighted by atomic mass is 10.2. The molecule has 1 aliphatic rings. The van der Waals surface area contributed by atoms with E-state index in [1.807, 2.05) is 18.7 Å². The van der Waals surface area contributed by atoms with E-state index in [4.69, 9.17) is 4.74 Å². The number of hydrogen-bond acceptors (Lipinski definition) is 8. The predicted molar refractivity (Wildman–Crippen MR) is 90.6 cm³/mol. The normalized spacial score (nSPS) is 14.8.